The Morgan fingerprint density at radius 1 is 0.675 bits per heavy atom. The van der Waals surface area contributed by atoms with E-state index in [1.165, 1.54) is 0 Å². The molecule has 0 aliphatic heterocycles. The fraction of sp³-hybridized carbons (Fsp3) is 0.515. The Labute approximate surface area is 239 Å². The maximum Gasteiger partial charge on any atom is 0.410 e. The fourth-order valence-corrected chi connectivity index (χ4v) is 4.67. The molecule has 0 unspecified atom stereocenters. The van der Waals surface area contributed by atoms with Crippen LogP contribution in [-0.2, 0) is 16.0 Å². The van der Waals surface area contributed by atoms with Gasteiger partial charge in [0.15, 0.2) is 0 Å². The number of unbranched alkanes of at least 4 members (excludes halogenated alkanes) is 2. The van der Waals surface area contributed by atoms with E-state index < -0.39 is 11.2 Å². The van der Waals surface area contributed by atoms with E-state index in [9.17, 15) is 14.7 Å². The number of rotatable bonds is 11. The molecule has 40 heavy (non-hydrogen) atoms. The van der Waals surface area contributed by atoms with Gasteiger partial charge in [0.2, 0.25) is 0 Å². The number of hydrogen-bond donors (Lipinski definition) is 1. The molecule has 0 saturated heterocycles. The first-order valence-corrected chi connectivity index (χ1v) is 14.3. The Morgan fingerprint density at radius 2 is 1.10 bits per heavy atom. The predicted molar refractivity (Wildman–Crippen MR) is 161 cm³/mol. The molecule has 2 amide bonds. The highest BCUT2D eigenvalue weighted by Gasteiger charge is 2.25. The average Bonchev–Trinajstić information content (AvgIpc) is 2.86. The predicted octanol–water partition coefficient (Wildman–Crippen LogP) is 7.52. The normalized spacial score (nSPS) is 12.0. The van der Waals surface area contributed by atoms with Gasteiger partial charge in [-0.2, -0.15) is 0 Å². The molecule has 3 rings (SSSR count). The Hall–Kier alpha value is -3.32. The first kappa shape index (κ1) is 31.2. The molecule has 0 aromatic heterocycles. The van der Waals surface area contributed by atoms with E-state index in [0.29, 0.717) is 51.9 Å². The molecule has 1 N–H and O–H groups in total. The van der Waals surface area contributed by atoms with Crippen LogP contribution >= 0.6 is 0 Å². The summed E-state index contributed by atoms with van der Waals surface area (Å²) in [6.07, 6.45) is 2.03. The summed E-state index contributed by atoms with van der Waals surface area (Å²) < 4.78 is 11.4. The van der Waals surface area contributed by atoms with Crippen molar-refractivity contribution >= 4 is 33.7 Å². The van der Waals surface area contributed by atoms with E-state index in [4.69, 9.17) is 9.47 Å². The first-order valence-electron chi connectivity index (χ1n) is 14.3. The van der Waals surface area contributed by atoms with Crippen LogP contribution in [0.1, 0.15) is 72.8 Å². The second-order valence-electron chi connectivity index (χ2n) is 12.3. The number of aliphatic hydroxyl groups is 1. The number of ether oxygens (including phenoxy) is 2. The van der Waals surface area contributed by atoms with Crippen LogP contribution in [0.5, 0.6) is 0 Å². The lowest BCUT2D eigenvalue weighted by Crippen LogP contribution is -2.39. The molecular formula is C33H46N2O5. The number of benzene rings is 3. The van der Waals surface area contributed by atoms with Gasteiger partial charge in [-0.05, 0) is 100 Å². The number of carbonyl (C=O) groups excluding carboxylic acids is 2. The average molecular weight is 551 g/mol. The minimum atomic E-state index is -0.615. The molecule has 0 saturated carbocycles. The van der Waals surface area contributed by atoms with Gasteiger partial charge in [0, 0.05) is 26.2 Å². The van der Waals surface area contributed by atoms with Crippen molar-refractivity contribution in [2.75, 3.05) is 26.2 Å². The minimum absolute atomic E-state index is 0.0931. The molecule has 218 valence electrons. The van der Waals surface area contributed by atoms with Gasteiger partial charge < -0.3 is 24.4 Å². The smallest absolute Gasteiger partial charge is 0.410 e. The highest BCUT2D eigenvalue weighted by molar-refractivity contribution is 6.02. The van der Waals surface area contributed by atoms with Gasteiger partial charge in [-0.1, -0.05) is 48.5 Å². The van der Waals surface area contributed by atoms with Gasteiger partial charge in [-0.25, -0.2) is 9.59 Å². The highest BCUT2D eigenvalue weighted by atomic mass is 16.6. The summed E-state index contributed by atoms with van der Waals surface area (Å²) in [5.74, 6) is 0. The third kappa shape index (κ3) is 9.40. The third-order valence-corrected chi connectivity index (χ3v) is 6.48. The van der Waals surface area contributed by atoms with Gasteiger partial charge in [0.25, 0.3) is 0 Å². The van der Waals surface area contributed by atoms with Crippen LogP contribution in [0.4, 0.5) is 9.59 Å². The molecule has 0 bridgehead atoms. The largest absolute Gasteiger partial charge is 0.444 e. The monoisotopic (exact) mass is 550 g/mol. The van der Waals surface area contributed by atoms with Crippen molar-refractivity contribution in [3.05, 3.63) is 60.2 Å². The maximum absolute atomic E-state index is 13.4. The quantitative estimate of drug-likeness (QED) is 0.197. The van der Waals surface area contributed by atoms with Crippen LogP contribution < -0.4 is 0 Å². The van der Waals surface area contributed by atoms with Crippen molar-refractivity contribution in [3.63, 3.8) is 0 Å². The van der Waals surface area contributed by atoms with E-state index >= 15 is 0 Å². The van der Waals surface area contributed by atoms with Crippen molar-refractivity contribution in [2.24, 2.45) is 0 Å². The first-order chi connectivity index (χ1) is 18.9. The van der Waals surface area contributed by atoms with Crippen LogP contribution in [0, 0.1) is 0 Å². The van der Waals surface area contributed by atoms with Crippen molar-refractivity contribution in [3.8, 4) is 0 Å². The zero-order valence-corrected chi connectivity index (χ0v) is 25.0. The third-order valence-electron chi connectivity index (χ3n) is 6.48. The molecule has 0 radical (unpaired) electrons. The molecule has 7 nitrogen and oxygen atoms in total. The van der Waals surface area contributed by atoms with Crippen LogP contribution in [0.2, 0.25) is 0 Å². The van der Waals surface area contributed by atoms with Crippen LogP contribution in [0.25, 0.3) is 21.5 Å². The summed E-state index contributed by atoms with van der Waals surface area (Å²) in [5.41, 5.74) is -0.101. The highest BCUT2D eigenvalue weighted by Crippen LogP contribution is 2.30. The molecule has 0 aliphatic carbocycles. The summed E-state index contributed by atoms with van der Waals surface area (Å²) >= 11 is 0. The van der Waals surface area contributed by atoms with Gasteiger partial charge in [-0.15, -0.1) is 0 Å². The van der Waals surface area contributed by atoms with Crippen LogP contribution in [-0.4, -0.2) is 64.5 Å². The van der Waals surface area contributed by atoms with E-state index in [1.807, 2.05) is 65.8 Å². The van der Waals surface area contributed by atoms with Gasteiger partial charge in [0.1, 0.15) is 11.2 Å². The van der Waals surface area contributed by atoms with E-state index in [0.717, 1.165) is 27.1 Å². The Bertz CT molecular complexity index is 1220. The molecule has 0 heterocycles. The van der Waals surface area contributed by atoms with Gasteiger partial charge in [0.05, 0.1) is 6.54 Å². The molecule has 3 aromatic carbocycles. The van der Waals surface area contributed by atoms with Crippen LogP contribution in [0.3, 0.4) is 0 Å². The SMILES string of the molecule is CC(C)(C)OC(=O)N(CCCCO)CCCCN(Cc1c2ccccc2cc2ccccc12)C(=O)OC(C)(C)C. The zero-order chi connectivity index (χ0) is 29.3. The summed E-state index contributed by atoms with van der Waals surface area (Å²) in [4.78, 5) is 29.7. The Kier molecular flexibility index (Phi) is 10.8. The second-order valence-corrected chi connectivity index (χ2v) is 12.3. The van der Waals surface area contributed by atoms with E-state index in [2.05, 4.69) is 30.3 Å². The summed E-state index contributed by atoms with van der Waals surface area (Å²) in [6, 6.07) is 18.7. The van der Waals surface area contributed by atoms with Crippen molar-refractivity contribution in [1.82, 2.24) is 9.80 Å². The van der Waals surface area contributed by atoms with Gasteiger partial charge in [-0.3, -0.25) is 0 Å². The molecule has 0 aliphatic rings. The number of hydrogen-bond acceptors (Lipinski definition) is 5. The lowest BCUT2D eigenvalue weighted by molar-refractivity contribution is 0.0199. The topological polar surface area (TPSA) is 79.3 Å². The van der Waals surface area contributed by atoms with Crippen molar-refractivity contribution < 1.29 is 24.2 Å². The lowest BCUT2D eigenvalue weighted by Gasteiger charge is -2.29. The molecule has 3 aromatic rings. The van der Waals surface area contributed by atoms with E-state index in [-0.39, 0.29) is 18.8 Å². The number of fused-ring (bicyclic) bond motifs is 2. The fourth-order valence-electron chi connectivity index (χ4n) is 4.67. The Morgan fingerprint density at radius 3 is 1.57 bits per heavy atom. The van der Waals surface area contributed by atoms with Crippen LogP contribution in [0.15, 0.2) is 54.6 Å². The molecular weight excluding hydrogens is 504 g/mol. The summed E-state index contributed by atoms with van der Waals surface area (Å²) in [7, 11) is 0. The lowest BCUT2D eigenvalue weighted by atomic mass is 9.96. The summed E-state index contributed by atoms with van der Waals surface area (Å²) in [5, 5.41) is 13.7. The number of carbonyl (C=O) groups is 2. The molecule has 7 heteroatoms. The van der Waals surface area contributed by atoms with Crippen molar-refractivity contribution in [2.45, 2.75) is 85.0 Å². The minimum Gasteiger partial charge on any atom is -0.444 e. The molecule has 0 spiro atoms. The number of nitrogens with zero attached hydrogens (tertiary/aromatic N) is 2. The Balaban J connectivity index is 1.79. The van der Waals surface area contributed by atoms with Gasteiger partial charge >= 0.3 is 12.2 Å². The van der Waals surface area contributed by atoms with Crippen molar-refractivity contribution in [1.29, 1.82) is 0 Å². The summed E-state index contributed by atoms with van der Waals surface area (Å²) in [6.45, 7) is 13.2. The standard InChI is InChI=1S/C33H46N2O5/c1-32(2,3)39-30(37)34(20-13-14-22-36)19-11-12-21-35(31(38)40-33(4,5)6)24-29-27-17-9-7-15-25(27)23-26-16-8-10-18-28(26)29/h7-10,15-18,23,36H,11-14,19-22,24H2,1-6H3. The molecule has 0 fully saturated rings. The number of amides is 2. The maximum atomic E-state index is 13.4. The number of aliphatic hydroxyl groups excluding tert-OH is 1. The molecule has 0 atom stereocenters. The zero-order valence-electron chi connectivity index (χ0n) is 25.0. The second kappa shape index (κ2) is 13.8. The van der Waals surface area contributed by atoms with E-state index in [1.54, 1.807) is 9.80 Å².